The fourth-order valence-corrected chi connectivity index (χ4v) is 3.53. The number of carboxylic acid groups (broad SMARTS) is 1. The van der Waals surface area contributed by atoms with Crippen LogP contribution in [0.2, 0.25) is 0 Å². The number of nitrogens with zero attached hydrogens (tertiary/aromatic N) is 2. The van der Waals surface area contributed by atoms with Crippen molar-refractivity contribution in [2.75, 3.05) is 32.9 Å². The van der Waals surface area contributed by atoms with Gasteiger partial charge >= 0.3 is 12.0 Å². The summed E-state index contributed by atoms with van der Waals surface area (Å²) in [5.41, 5.74) is 0. The third-order valence-electron chi connectivity index (χ3n) is 3.27. The molecule has 2 unspecified atom stereocenters. The molecule has 1 fully saturated rings. The number of unbranched alkanes of at least 4 members (excludes halogenated alkanes) is 1. The maximum absolute atomic E-state index is 12.2. The molecule has 1 rings (SSSR count). The molecule has 0 aliphatic carbocycles. The van der Waals surface area contributed by atoms with Gasteiger partial charge in [-0.1, -0.05) is 6.92 Å². The molecule has 6 nitrogen and oxygen atoms in total. The van der Waals surface area contributed by atoms with Crippen molar-refractivity contribution >= 4 is 23.8 Å². The van der Waals surface area contributed by atoms with Crippen LogP contribution in [-0.2, 0) is 4.79 Å². The second-order valence-electron chi connectivity index (χ2n) is 5.20. The van der Waals surface area contributed by atoms with Crippen LogP contribution in [0.4, 0.5) is 4.79 Å². The van der Waals surface area contributed by atoms with Crippen molar-refractivity contribution in [3.05, 3.63) is 0 Å². The molecular formula is C13H25N3O3S. The Morgan fingerprint density at radius 2 is 2.10 bits per heavy atom. The van der Waals surface area contributed by atoms with E-state index in [1.54, 1.807) is 11.8 Å². The van der Waals surface area contributed by atoms with E-state index >= 15 is 0 Å². The summed E-state index contributed by atoms with van der Waals surface area (Å²) in [6, 6.07) is -0.953. The lowest BCUT2D eigenvalue weighted by molar-refractivity contribution is -0.141. The van der Waals surface area contributed by atoms with E-state index in [-0.39, 0.29) is 11.4 Å². The summed E-state index contributed by atoms with van der Waals surface area (Å²) in [6.45, 7) is 3.56. The Hall–Kier alpha value is -0.950. The lowest BCUT2D eigenvalue weighted by Gasteiger charge is -2.26. The van der Waals surface area contributed by atoms with Crippen LogP contribution in [0, 0.1) is 0 Å². The Bertz CT molecular complexity index is 339. The highest BCUT2D eigenvalue weighted by molar-refractivity contribution is 8.00. The highest BCUT2D eigenvalue weighted by atomic mass is 32.2. The average molecular weight is 303 g/mol. The molecule has 0 saturated carbocycles. The molecule has 1 heterocycles. The van der Waals surface area contributed by atoms with E-state index in [0.29, 0.717) is 12.3 Å². The molecular weight excluding hydrogens is 278 g/mol. The van der Waals surface area contributed by atoms with Crippen molar-refractivity contribution in [1.82, 2.24) is 15.1 Å². The number of amides is 2. The minimum Gasteiger partial charge on any atom is -0.480 e. The third-order valence-corrected chi connectivity index (χ3v) is 4.72. The van der Waals surface area contributed by atoms with Crippen molar-refractivity contribution in [3.63, 3.8) is 0 Å². The maximum Gasteiger partial charge on any atom is 0.327 e. The van der Waals surface area contributed by atoms with Crippen molar-refractivity contribution in [2.45, 2.75) is 37.6 Å². The molecule has 0 spiro atoms. The Morgan fingerprint density at radius 1 is 1.40 bits per heavy atom. The summed E-state index contributed by atoms with van der Waals surface area (Å²) < 4.78 is 0. The number of carbonyl (C=O) groups excluding carboxylic acids is 1. The smallest absolute Gasteiger partial charge is 0.327 e. The van der Waals surface area contributed by atoms with Gasteiger partial charge in [0.15, 0.2) is 0 Å². The van der Waals surface area contributed by atoms with Crippen molar-refractivity contribution in [1.29, 1.82) is 0 Å². The first-order valence-corrected chi connectivity index (χ1v) is 8.07. The largest absolute Gasteiger partial charge is 0.480 e. The lowest BCUT2D eigenvalue weighted by atomic mass is 10.2. The number of carbonyl (C=O) groups is 2. The first-order valence-electron chi connectivity index (χ1n) is 7.02. The van der Waals surface area contributed by atoms with Gasteiger partial charge in [0.25, 0.3) is 0 Å². The monoisotopic (exact) mass is 303 g/mol. The van der Waals surface area contributed by atoms with Crippen LogP contribution in [-0.4, -0.2) is 71.3 Å². The second kappa shape index (κ2) is 8.36. The molecule has 20 heavy (non-hydrogen) atoms. The predicted molar refractivity (Wildman–Crippen MR) is 81.0 cm³/mol. The number of aliphatic carboxylic acids is 1. The minimum atomic E-state index is -0.920. The van der Waals surface area contributed by atoms with E-state index < -0.39 is 12.0 Å². The van der Waals surface area contributed by atoms with Gasteiger partial charge in [-0.2, -0.15) is 0 Å². The van der Waals surface area contributed by atoms with Gasteiger partial charge < -0.3 is 15.3 Å². The number of nitrogens with one attached hydrogen (secondary N) is 1. The van der Waals surface area contributed by atoms with Crippen LogP contribution in [0.15, 0.2) is 0 Å². The van der Waals surface area contributed by atoms with E-state index in [9.17, 15) is 14.7 Å². The highest BCUT2D eigenvalue weighted by Crippen LogP contribution is 2.31. The van der Waals surface area contributed by atoms with Gasteiger partial charge in [0.05, 0.1) is 5.37 Å². The number of carboxylic acids is 1. The highest BCUT2D eigenvalue weighted by Gasteiger charge is 2.40. The summed E-state index contributed by atoms with van der Waals surface area (Å²) >= 11 is 1.54. The van der Waals surface area contributed by atoms with Crippen LogP contribution in [0.3, 0.4) is 0 Å². The Balaban J connectivity index is 2.41. The second-order valence-corrected chi connectivity index (χ2v) is 6.41. The summed E-state index contributed by atoms with van der Waals surface area (Å²) in [7, 11) is 4.03. The zero-order valence-corrected chi connectivity index (χ0v) is 13.3. The van der Waals surface area contributed by atoms with Crippen LogP contribution in [0.1, 0.15) is 26.2 Å². The van der Waals surface area contributed by atoms with E-state index in [0.717, 1.165) is 25.8 Å². The van der Waals surface area contributed by atoms with Gasteiger partial charge in [-0.25, -0.2) is 9.59 Å². The molecule has 0 radical (unpaired) electrons. The van der Waals surface area contributed by atoms with E-state index in [4.69, 9.17) is 0 Å². The van der Waals surface area contributed by atoms with Crippen LogP contribution in [0.25, 0.3) is 0 Å². The maximum atomic E-state index is 12.2. The molecule has 0 aromatic heterocycles. The van der Waals surface area contributed by atoms with E-state index in [1.165, 1.54) is 4.90 Å². The molecule has 7 heteroatoms. The number of hydrogen-bond acceptors (Lipinski definition) is 4. The zero-order valence-electron chi connectivity index (χ0n) is 12.5. The summed E-state index contributed by atoms with van der Waals surface area (Å²) in [5.74, 6) is -0.446. The Labute approximate surface area is 124 Å². The van der Waals surface area contributed by atoms with Gasteiger partial charge in [-0.05, 0) is 39.9 Å². The van der Waals surface area contributed by atoms with Gasteiger partial charge in [-0.3, -0.25) is 4.90 Å². The number of rotatable bonds is 7. The summed E-state index contributed by atoms with van der Waals surface area (Å²) in [6.07, 6.45) is 2.68. The fourth-order valence-electron chi connectivity index (χ4n) is 2.18. The van der Waals surface area contributed by atoms with Gasteiger partial charge in [0, 0.05) is 12.3 Å². The minimum absolute atomic E-state index is 0.0297. The fraction of sp³-hybridized carbons (Fsp3) is 0.846. The van der Waals surface area contributed by atoms with Crippen LogP contribution < -0.4 is 5.32 Å². The van der Waals surface area contributed by atoms with E-state index in [1.807, 2.05) is 21.0 Å². The molecule has 0 aromatic rings. The van der Waals surface area contributed by atoms with E-state index in [2.05, 4.69) is 10.2 Å². The van der Waals surface area contributed by atoms with Crippen molar-refractivity contribution in [3.8, 4) is 0 Å². The first kappa shape index (κ1) is 17.1. The Morgan fingerprint density at radius 3 is 2.65 bits per heavy atom. The molecule has 116 valence electrons. The first-order chi connectivity index (χ1) is 9.47. The SMILES string of the molecule is CCC1SCC(C(=O)O)N1C(=O)NCCCCN(C)C. The topological polar surface area (TPSA) is 72.9 Å². The number of thioether (sulfide) groups is 1. The lowest BCUT2D eigenvalue weighted by Crippen LogP contribution is -2.50. The molecule has 0 bridgehead atoms. The molecule has 0 aromatic carbocycles. The number of urea groups is 1. The van der Waals surface area contributed by atoms with Gasteiger partial charge in [-0.15, -0.1) is 11.8 Å². The van der Waals surface area contributed by atoms with Crippen molar-refractivity contribution < 1.29 is 14.7 Å². The predicted octanol–water partition coefficient (Wildman–Crippen LogP) is 1.28. The molecule has 2 atom stereocenters. The Kier molecular flexibility index (Phi) is 7.15. The molecule has 1 saturated heterocycles. The van der Waals surface area contributed by atoms with Crippen LogP contribution >= 0.6 is 11.8 Å². The molecule has 2 N–H and O–H groups in total. The molecule has 1 aliphatic rings. The quantitative estimate of drug-likeness (QED) is 0.693. The van der Waals surface area contributed by atoms with Gasteiger partial charge in [0.2, 0.25) is 0 Å². The van der Waals surface area contributed by atoms with Gasteiger partial charge in [0.1, 0.15) is 6.04 Å². The molecule has 2 amide bonds. The average Bonchev–Trinajstić information content (AvgIpc) is 2.81. The standard InChI is InChI=1S/C13H25N3O3S/c1-4-11-16(10(9-20-11)12(17)18)13(19)14-7-5-6-8-15(2)3/h10-11H,4-9H2,1-3H3,(H,14,19)(H,17,18). The molecule has 1 aliphatic heterocycles. The van der Waals surface area contributed by atoms with Crippen molar-refractivity contribution in [2.24, 2.45) is 0 Å². The third kappa shape index (κ3) is 4.86. The summed E-state index contributed by atoms with van der Waals surface area (Å²) in [5, 5.41) is 12.0. The normalized spacial score (nSPS) is 22.3. The number of hydrogen-bond donors (Lipinski definition) is 2. The summed E-state index contributed by atoms with van der Waals surface area (Å²) in [4.78, 5) is 26.9. The van der Waals surface area contributed by atoms with Crippen LogP contribution in [0.5, 0.6) is 0 Å². The zero-order chi connectivity index (χ0) is 15.1.